The highest BCUT2D eigenvalue weighted by Crippen LogP contribution is 2.14. The van der Waals surface area contributed by atoms with Crippen LogP contribution in [0.4, 0.5) is 5.69 Å². The molecule has 90 valence electrons. The predicted molar refractivity (Wildman–Crippen MR) is 64.7 cm³/mol. The first-order valence-corrected chi connectivity index (χ1v) is 6.75. The summed E-state index contributed by atoms with van der Waals surface area (Å²) in [6.07, 6.45) is 4.45. The van der Waals surface area contributed by atoms with Crippen molar-refractivity contribution < 1.29 is 8.42 Å². The highest BCUT2D eigenvalue weighted by atomic mass is 32.2. The lowest BCUT2D eigenvalue weighted by atomic mass is 10.3. The van der Waals surface area contributed by atoms with Gasteiger partial charge in [0.05, 0.1) is 17.6 Å². The van der Waals surface area contributed by atoms with E-state index in [0.29, 0.717) is 18.7 Å². The molecular weight excluding hydrogens is 226 g/mol. The van der Waals surface area contributed by atoms with E-state index in [-0.39, 0.29) is 5.75 Å². The lowest BCUT2D eigenvalue weighted by Gasteiger charge is -2.18. The molecular formula is C10H17N3O2S. The fourth-order valence-corrected chi connectivity index (χ4v) is 2.54. The van der Waals surface area contributed by atoms with Gasteiger partial charge in [-0.25, -0.2) is 8.42 Å². The topological polar surface area (TPSA) is 76.3 Å². The van der Waals surface area contributed by atoms with Crippen molar-refractivity contribution in [2.75, 3.05) is 23.7 Å². The van der Waals surface area contributed by atoms with Crippen LogP contribution in [0.1, 0.15) is 12.8 Å². The quantitative estimate of drug-likeness (QED) is 0.742. The van der Waals surface area contributed by atoms with Crippen molar-refractivity contribution in [3.63, 3.8) is 0 Å². The average Bonchev–Trinajstić information content (AvgIpc) is 2.29. The normalized spacial score (nSPS) is 11.4. The average molecular weight is 243 g/mol. The van der Waals surface area contributed by atoms with Crippen molar-refractivity contribution >= 4 is 15.7 Å². The molecule has 0 saturated carbocycles. The zero-order valence-corrected chi connectivity index (χ0v) is 10.2. The van der Waals surface area contributed by atoms with Crippen LogP contribution >= 0.6 is 0 Å². The Morgan fingerprint density at radius 3 is 2.75 bits per heavy atom. The lowest BCUT2D eigenvalue weighted by molar-refractivity contribution is 0.590. The van der Waals surface area contributed by atoms with Gasteiger partial charge in [0.2, 0.25) is 10.0 Å². The minimum Gasteiger partial charge on any atom is -0.330 e. The van der Waals surface area contributed by atoms with Gasteiger partial charge in [-0.1, -0.05) is 0 Å². The van der Waals surface area contributed by atoms with Crippen LogP contribution in [0, 0.1) is 0 Å². The number of unbranched alkanes of at least 4 members (excludes halogenated alkanes) is 1. The Labute approximate surface area is 96.3 Å². The first kappa shape index (κ1) is 12.9. The van der Waals surface area contributed by atoms with Gasteiger partial charge in [0.25, 0.3) is 0 Å². The van der Waals surface area contributed by atoms with Crippen molar-refractivity contribution in [2.24, 2.45) is 5.73 Å². The van der Waals surface area contributed by atoms with E-state index in [0.717, 1.165) is 6.42 Å². The molecule has 1 heterocycles. The number of anilines is 1. The van der Waals surface area contributed by atoms with E-state index in [1.807, 2.05) is 0 Å². The Hall–Kier alpha value is -1.14. The maximum atomic E-state index is 11.9. The number of aromatic nitrogens is 1. The molecule has 16 heavy (non-hydrogen) atoms. The third kappa shape index (κ3) is 3.46. The smallest absolute Gasteiger partial charge is 0.234 e. The van der Waals surface area contributed by atoms with E-state index in [9.17, 15) is 8.42 Å². The van der Waals surface area contributed by atoms with E-state index in [1.54, 1.807) is 18.3 Å². The Kier molecular flexibility index (Phi) is 4.70. The van der Waals surface area contributed by atoms with E-state index >= 15 is 0 Å². The van der Waals surface area contributed by atoms with Gasteiger partial charge in [0, 0.05) is 13.2 Å². The molecule has 0 unspecified atom stereocenters. The predicted octanol–water partition coefficient (Wildman–Crippen LogP) is 0.586. The van der Waals surface area contributed by atoms with Gasteiger partial charge >= 0.3 is 0 Å². The number of hydrogen-bond donors (Lipinski definition) is 1. The molecule has 1 rings (SSSR count). The van der Waals surface area contributed by atoms with Crippen molar-refractivity contribution in [2.45, 2.75) is 12.8 Å². The summed E-state index contributed by atoms with van der Waals surface area (Å²) < 4.78 is 25.0. The van der Waals surface area contributed by atoms with Gasteiger partial charge in [-0.3, -0.25) is 9.29 Å². The second-order valence-electron chi connectivity index (χ2n) is 3.49. The second-order valence-corrected chi connectivity index (χ2v) is 5.61. The highest BCUT2D eigenvalue weighted by Gasteiger charge is 2.17. The van der Waals surface area contributed by atoms with E-state index in [4.69, 9.17) is 5.73 Å². The van der Waals surface area contributed by atoms with Crippen molar-refractivity contribution in [1.29, 1.82) is 0 Å². The zero-order chi connectivity index (χ0) is 12.0. The summed E-state index contributed by atoms with van der Waals surface area (Å²) >= 11 is 0. The molecule has 0 spiro atoms. The third-order valence-electron chi connectivity index (χ3n) is 2.28. The summed E-state index contributed by atoms with van der Waals surface area (Å²) in [5.41, 5.74) is 5.91. The molecule has 0 atom stereocenters. The van der Waals surface area contributed by atoms with Gasteiger partial charge < -0.3 is 5.73 Å². The Bertz CT molecular complexity index is 405. The van der Waals surface area contributed by atoms with Gasteiger partial charge in [0.15, 0.2) is 0 Å². The van der Waals surface area contributed by atoms with Gasteiger partial charge in [-0.15, -0.1) is 0 Å². The molecule has 0 aliphatic heterocycles. The zero-order valence-electron chi connectivity index (χ0n) is 9.33. The number of hydrogen-bond acceptors (Lipinski definition) is 4. The summed E-state index contributed by atoms with van der Waals surface area (Å²) in [5, 5.41) is 0. The Balaban J connectivity index is 2.69. The molecule has 0 aliphatic carbocycles. The summed E-state index contributed by atoms with van der Waals surface area (Å²) in [4.78, 5) is 3.89. The highest BCUT2D eigenvalue weighted by molar-refractivity contribution is 7.92. The molecule has 2 N–H and O–H groups in total. The maximum Gasteiger partial charge on any atom is 0.234 e. The standard InChI is InChI=1S/C10H17N3O2S/c1-13(10-5-4-7-12-9-10)16(14,15)8-3-2-6-11/h4-5,7,9H,2-3,6,8,11H2,1H3. The molecule has 0 bridgehead atoms. The molecule has 5 nitrogen and oxygen atoms in total. The van der Waals surface area contributed by atoms with Gasteiger partial charge in [-0.05, 0) is 31.5 Å². The minimum atomic E-state index is -3.25. The molecule has 0 fully saturated rings. The molecule has 0 aromatic carbocycles. The molecule has 1 aromatic rings. The van der Waals surface area contributed by atoms with Crippen LogP contribution in [0.15, 0.2) is 24.5 Å². The first-order chi connectivity index (χ1) is 7.58. The van der Waals surface area contributed by atoms with Crippen LogP contribution in [0.25, 0.3) is 0 Å². The third-order valence-corrected chi connectivity index (χ3v) is 4.13. The van der Waals surface area contributed by atoms with E-state index in [2.05, 4.69) is 4.98 Å². The minimum absolute atomic E-state index is 0.121. The molecule has 0 amide bonds. The molecule has 0 radical (unpaired) electrons. The van der Waals surface area contributed by atoms with Crippen molar-refractivity contribution in [3.05, 3.63) is 24.5 Å². The van der Waals surface area contributed by atoms with E-state index in [1.165, 1.54) is 17.5 Å². The summed E-state index contributed by atoms with van der Waals surface area (Å²) in [6.45, 7) is 0.520. The number of sulfonamides is 1. The summed E-state index contributed by atoms with van der Waals surface area (Å²) in [6, 6.07) is 3.43. The van der Waals surface area contributed by atoms with Crippen molar-refractivity contribution in [3.8, 4) is 0 Å². The van der Waals surface area contributed by atoms with Crippen LogP contribution in [-0.4, -0.2) is 32.7 Å². The summed E-state index contributed by atoms with van der Waals surface area (Å²) in [7, 11) is -1.71. The molecule has 1 aromatic heterocycles. The van der Waals surface area contributed by atoms with E-state index < -0.39 is 10.0 Å². The maximum absolute atomic E-state index is 11.9. The lowest BCUT2D eigenvalue weighted by Crippen LogP contribution is -2.29. The largest absolute Gasteiger partial charge is 0.330 e. The monoisotopic (exact) mass is 243 g/mol. The number of nitrogens with zero attached hydrogens (tertiary/aromatic N) is 2. The molecule has 0 aliphatic rings. The summed E-state index contributed by atoms with van der Waals surface area (Å²) in [5.74, 6) is 0.121. The second kappa shape index (κ2) is 5.81. The Morgan fingerprint density at radius 1 is 1.44 bits per heavy atom. The Morgan fingerprint density at radius 2 is 2.19 bits per heavy atom. The SMILES string of the molecule is CN(c1cccnc1)S(=O)(=O)CCCCN. The van der Waals surface area contributed by atoms with Crippen LogP contribution in [0.3, 0.4) is 0 Å². The fraction of sp³-hybridized carbons (Fsp3) is 0.500. The molecule has 6 heteroatoms. The number of rotatable bonds is 6. The fourth-order valence-electron chi connectivity index (χ4n) is 1.27. The van der Waals surface area contributed by atoms with Crippen LogP contribution < -0.4 is 10.0 Å². The first-order valence-electron chi connectivity index (χ1n) is 5.14. The molecule has 0 saturated heterocycles. The number of pyridine rings is 1. The van der Waals surface area contributed by atoms with Crippen LogP contribution in [0.2, 0.25) is 0 Å². The van der Waals surface area contributed by atoms with Crippen LogP contribution in [-0.2, 0) is 10.0 Å². The van der Waals surface area contributed by atoms with Gasteiger partial charge in [0.1, 0.15) is 0 Å². The van der Waals surface area contributed by atoms with Gasteiger partial charge in [-0.2, -0.15) is 0 Å². The van der Waals surface area contributed by atoms with Crippen LogP contribution in [0.5, 0.6) is 0 Å². The number of nitrogens with two attached hydrogens (primary N) is 1. The van der Waals surface area contributed by atoms with Crippen molar-refractivity contribution in [1.82, 2.24) is 4.98 Å².